The highest BCUT2D eigenvalue weighted by Crippen LogP contribution is 2.17. The van der Waals surface area contributed by atoms with Crippen LogP contribution in [0.2, 0.25) is 0 Å². The smallest absolute Gasteiger partial charge is 0.286 e. The maximum Gasteiger partial charge on any atom is 0.286 e. The topological polar surface area (TPSA) is 84.4 Å². The molecule has 1 N–H and O–H groups in total. The van der Waals surface area contributed by atoms with Gasteiger partial charge in [-0.25, -0.2) is 4.39 Å². The third-order valence-corrected chi connectivity index (χ3v) is 5.25. The molecular formula is C18H21FN4O3S. The van der Waals surface area contributed by atoms with Crippen LogP contribution >= 0.6 is 11.3 Å². The summed E-state index contributed by atoms with van der Waals surface area (Å²) in [7, 11) is 0. The van der Waals surface area contributed by atoms with E-state index in [-0.39, 0.29) is 29.9 Å². The first-order valence-corrected chi connectivity index (χ1v) is 9.57. The second-order valence-corrected chi connectivity index (χ2v) is 7.58. The van der Waals surface area contributed by atoms with Crippen molar-refractivity contribution in [3.63, 3.8) is 0 Å². The normalized spacial score (nSPS) is 15.0. The lowest BCUT2D eigenvalue weighted by Crippen LogP contribution is -2.39. The molecule has 27 heavy (non-hydrogen) atoms. The van der Waals surface area contributed by atoms with Crippen molar-refractivity contribution >= 4 is 28.8 Å². The minimum absolute atomic E-state index is 0.00886. The fourth-order valence-electron chi connectivity index (χ4n) is 2.70. The van der Waals surface area contributed by atoms with E-state index in [1.165, 1.54) is 24.3 Å². The van der Waals surface area contributed by atoms with Crippen LogP contribution in [0.1, 0.15) is 34.6 Å². The van der Waals surface area contributed by atoms with Crippen molar-refractivity contribution in [2.75, 3.05) is 25.0 Å². The van der Waals surface area contributed by atoms with Crippen LogP contribution in [-0.2, 0) is 16.1 Å². The van der Waals surface area contributed by atoms with Crippen molar-refractivity contribution in [2.45, 2.75) is 26.4 Å². The Labute approximate surface area is 160 Å². The molecule has 2 heterocycles. The predicted octanol–water partition coefficient (Wildman–Crippen LogP) is 2.70. The second kappa shape index (κ2) is 9.01. The van der Waals surface area contributed by atoms with Gasteiger partial charge in [-0.3, -0.25) is 9.59 Å². The molecule has 144 valence electrons. The second-order valence-electron chi connectivity index (χ2n) is 6.52. The summed E-state index contributed by atoms with van der Waals surface area (Å²) in [6.45, 7) is 3.85. The van der Waals surface area contributed by atoms with Gasteiger partial charge in [-0.2, -0.15) is 0 Å². The molecule has 7 nitrogen and oxygen atoms in total. The predicted molar refractivity (Wildman–Crippen MR) is 98.9 cm³/mol. The van der Waals surface area contributed by atoms with Gasteiger partial charge in [0.2, 0.25) is 10.9 Å². The summed E-state index contributed by atoms with van der Waals surface area (Å²) in [5.74, 6) is -0.169. The van der Waals surface area contributed by atoms with E-state index in [9.17, 15) is 14.0 Å². The monoisotopic (exact) mass is 392 g/mol. The number of amides is 2. The van der Waals surface area contributed by atoms with Gasteiger partial charge in [0.25, 0.3) is 5.91 Å². The SMILES string of the molecule is CC1CCN(C(=O)COCc2nnc(C(=O)Nc3ccc(F)cc3)s2)CC1. The Balaban J connectivity index is 1.44. The van der Waals surface area contributed by atoms with E-state index in [4.69, 9.17) is 4.74 Å². The van der Waals surface area contributed by atoms with E-state index in [0.29, 0.717) is 16.6 Å². The third kappa shape index (κ3) is 5.54. The van der Waals surface area contributed by atoms with Gasteiger partial charge >= 0.3 is 0 Å². The fourth-order valence-corrected chi connectivity index (χ4v) is 3.37. The zero-order valence-corrected chi connectivity index (χ0v) is 15.8. The number of nitrogens with zero attached hydrogens (tertiary/aromatic N) is 3. The molecule has 0 atom stereocenters. The van der Waals surface area contributed by atoms with E-state index in [1.807, 2.05) is 4.90 Å². The molecular weight excluding hydrogens is 371 g/mol. The average molecular weight is 392 g/mol. The number of hydrogen-bond donors (Lipinski definition) is 1. The van der Waals surface area contributed by atoms with Crippen LogP contribution in [0.15, 0.2) is 24.3 Å². The van der Waals surface area contributed by atoms with Gasteiger partial charge in [0.15, 0.2) is 0 Å². The van der Waals surface area contributed by atoms with Crippen LogP contribution in [0.5, 0.6) is 0 Å². The number of carbonyl (C=O) groups is 2. The number of ether oxygens (including phenoxy) is 1. The molecule has 1 aliphatic rings. The van der Waals surface area contributed by atoms with E-state index in [2.05, 4.69) is 22.4 Å². The molecule has 2 aromatic rings. The summed E-state index contributed by atoms with van der Waals surface area (Å²) in [5, 5.41) is 11.1. The van der Waals surface area contributed by atoms with Crippen molar-refractivity contribution in [3.8, 4) is 0 Å². The number of halogens is 1. The number of carbonyl (C=O) groups excluding carboxylic acids is 2. The largest absolute Gasteiger partial charge is 0.364 e. The van der Waals surface area contributed by atoms with Crippen LogP contribution in [0.3, 0.4) is 0 Å². The molecule has 1 aromatic carbocycles. The molecule has 0 aliphatic carbocycles. The highest BCUT2D eigenvalue weighted by atomic mass is 32.1. The number of nitrogens with one attached hydrogen (secondary N) is 1. The van der Waals surface area contributed by atoms with Crippen LogP contribution in [0.25, 0.3) is 0 Å². The van der Waals surface area contributed by atoms with E-state index >= 15 is 0 Å². The number of anilines is 1. The third-order valence-electron chi connectivity index (χ3n) is 4.35. The van der Waals surface area contributed by atoms with E-state index < -0.39 is 5.91 Å². The zero-order valence-electron chi connectivity index (χ0n) is 15.0. The maximum atomic E-state index is 12.9. The van der Waals surface area contributed by atoms with Crippen molar-refractivity contribution in [1.29, 1.82) is 0 Å². The van der Waals surface area contributed by atoms with E-state index in [0.717, 1.165) is 37.3 Å². The molecule has 9 heteroatoms. The minimum atomic E-state index is -0.427. The number of rotatable bonds is 6. The van der Waals surface area contributed by atoms with E-state index in [1.54, 1.807) is 0 Å². The number of likely N-dealkylation sites (tertiary alicyclic amines) is 1. The first kappa shape index (κ1) is 19.4. The van der Waals surface area contributed by atoms with Crippen molar-refractivity contribution in [3.05, 3.63) is 40.1 Å². The first-order valence-electron chi connectivity index (χ1n) is 8.76. The van der Waals surface area contributed by atoms with Gasteiger partial charge < -0.3 is 15.0 Å². The van der Waals surface area contributed by atoms with Gasteiger partial charge in [0.05, 0.1) is 0 Å². The molecule has 0 unspecified atom stereocenters. The quantitative estimate of drug-likeness (QED) is 0.817. The Morgan fingerprint density at radius 3 is 2.67 bits per heavy atom. The zero-order chi connectivity index (χ0) is 19.2. The molecule has 0 saturated carbocycles. The van der Waals surface area contributed by atoms with Crippen molar-refractivity contribution < 1.29 is 18.7 Å². The van der Waals surface area contributed by atoms with Crippen LogP contribution in [0.4, 0.5) is 10.1 Å². The Morgan fingerprint density at radius 1 is 1.26 bits per heavy atom. The number of hydrogen-bond acceptors (Lipinski definition) is 6. The lowest BCUT2D eigenvalue weighted by atomic mass is 9.99. The summed E-state index contributed by atoms with van der Waals surface area (Å²) in [6, 6.07) is 5.44. The van der Waals surface area contributed by atoms with Crippen molar-refractivity contribution in [2.24, 2.45) is 5.92 Å². The van der Waals surface area contributed by atoms with Crippen LogP contribution < -0.4 is 5.32 Å². The van der Waals surface area contributed by atoms with Gasteiger partial charge in [-0.1, -0.05) is 18.3 Å². The summed E-state index contributed by atoms with van der Waals surface area (Å²) >= 11 is 1.09. The Bertz CT molecular complexity index is 788. The summed E-state index contributed by atoms with van der Waals surface area (Å²) in [6.07, 6.45) is 2.04. The van der Waals surface area contributed by atoms with Gasteiger partial charge in [0, 0.05) is 18.8 Å². The van der Waals surface area contributed by atoms with Gasteiger partial charge in [-0.15, -0.1) is 10.2 Å². The lowest BCUT2D eigenvalue weighted by Gasteiger charge is -2.30. The molecule has 1 fully saturated rings. The molecule has 0 bridgehead atoms. The Morgan fingerprint density at radius 2 is 1.96 bits per heavy atom. The van der Waals surface area contributed by atoms with Gasteiger partial charge in [-0.05, 0) is 43.0 Å². The molecule has 2 amide bonds. The summed E-state index contributed by atoms with van der Waals surface area (Å²) < 4.78 is 18.3. The lowest BCUT2D eigenvalue weighted by molar-refractivity contribution is -0.137. The highest BCUT2D eigenvalue weighted by Gasteiger charge is 2.20. The summed E-state index contributed by atoms with van der Waals surface area (Å²) in [5.41, 5.74) is 0.468. The molecule has 0 radical (unpaired) electrons. The Hall–Kier alpha value is -2.39. The minimum Gasteiger partial charge on any atom is -0.364 e. The van der Waals surface area contributed by atoms with Crippen molar-refractivity contribution in [1.82, 2.24) is 15.1 Å². The summed E-state index contributed by atoms with van der Waals surface area (Å²) in [4.78, 5) is 26.1. The standard InChI is InChI=1S/C18H21FN4O3S/c1-12-6-8-23(9-7-12)16(24)11-26-10-15-21-22-18(27-15)17(25)20-14-4-2-13(19)3-5-14/h2-5,12H,6-11H2,1H3,(H,20,25). The molecule has 1 saturated heterocycles. The highest BCUT2D eigenvalue weighted by molar-refractivity contribution is 7.13. The number of piperidine rings is 1. The van der Waals surface area contributed by atoms with Crippen LogP contribution in [0, 0.1) is 11.7 Å². The van der Waals surface area contributed by atoms with Gasteiger partial charge in [0.1, 0.15) is 24.0 Å². The first-order chi connectivity index (χ1) is 13.0. The molecule has 1 aliphatic heterocycles. The Kier molecular flexibility index (Phi) is 6.46. The maximum absolute atomic E-state index is 12.9. The molecule has 3 rings (SSSR count). The molecule has 1 aromatic heterocycles. The molecule has 0 spiro atoms. The number of benzene rings is 1. The fraction of sp³-hybridized carbons (Fsp3) is 0.444. The average Bonchev–Trinajstić information content (AvgIpc) is 3.13. The van der Waals surface area contributed by atoms with Crippen LogP contribution in [-0.4, -0.2) is 46.6 Å². The number of aromatic nitrogens is 2.